The summed E-state index contributed by atoms with van der Waals surface area (Å²) in [4.78, 5) is 13.1. The number of hydrogen-bond acceptors (Lipinski definition) is 4. The Labute approximate surface area is 166 Å². The van der Waals surface area contributed by atoms with Gasteiger partial charge >= 0.3 is 0 Å². The quantitative estimate of drug-likeness (QED) is 0.832. The first-order chi connectivity index (χ1) is 13.3. The summed E-state index contributed by atoms with van der Waals surface area (Å²) in [6, 6.07) is 9.91. The van der Waals surface area contributed by atoms with E-state index in [2.05, 4.69) is 5.32 Å². The van der Waals surface area contributed by atoms with Gasteiger partial charge in [0.25, 0.3) is 0 Å². The van der Waals surface area contributed by atoms with E-state index in [1.165, 1.54) is 17.5 Å². The number of aryl methyl sites for hydroxylation is 2. The Morgan fingerprint density at radius 2 is 1.89 bits per heavy atom. The molecule has 6 nitrogen and oxygen atoms in total. The maximum absolute atomic E-state index is 13.3. The maximum Gasteiger partial charge on any atom is 0.244 e. The summed E-state index contributed by atoms with van der Waals surface area (Å²) in [6.07, 6.45) is 1.14. The van der Waals surface area contributed by atoms with E-state index >= 15 is 0 Å². The molecule has 28 heavy (non-hydrogen) atoms. The second kappa shape index (κ2) is 7.93. The normalized spacial score (nSPS) is 17.5. The molecule has 0 unspecified atom stereocenters. The zero-order valence-electron chi connectivity index (χ0n) is 16.7. The van der Waals surface area contributed by atoms with Gasteiger partial charge in [-0.15, -0.1) is 0 Å². The number of methoxy groups -OCH3 is 1. The number of benzene rings is 2. The highest BCUT2D eigenvalue weighted by molar-refractivity contribution is 7.89. The largest absolute Gasteiger partial charge is 0.497 e. The number of ether oxygens (including phenoxy) is 1. The molecule has 2 aromatic carbocycles. The molecule has 1 atom stereocenters. The summed E-state index contributed by atoms with van der Waals surface area (Å²) in [7, 11) is -2.32. The number of anilines is 1. The second-order valence-corrected chi connectivity index (χ2v) is 9.00. The van der Waals surface area contributed by atoms with Crippen LogP contribution < -0.4 is 10.1 Å². The topological polar surface area (TPSA) is 75.7 Å². The third-order valence-corrected chi connectivity index (χ3v) is 7.40. The van der Waals surface area contributed by atoms with E-state index in [-0.39, 0.29) is 10.8 Å². The Morgan fingerprint density at radius 3 is 2.61 bits per heavy atom. The van der Waals surface area contributed by atoms with Crippen LogP contribution in [0.2, 0.25) is 0 Å². The van der Waals surface area contributed by atoms with E-state index in [1.807, 2.05) is 32.0 Å². The molecule has 1 N–H and O–H groups in total. The molecular weight excluding hydrogens is 376 g/mol. The molecule has 3 rings (SSSR count). The van der Waals surface area contributed by atoms with Crippen LogP contribution in [0.25, 0.3) is 0 Å². The average Bonchev–Trinajstić information content (AvgIpc) is 3.16. The smallest absolute Gasteiger partial charge is 0.244 e. The summed E-state index contributed by atoms with van der Waals surface area (Å²) >= 11 is 0. The van der Waals surface area contributed by atoms with Crippen molar-refractivity contribution in [3.63, 3.8) is 0 Å². The number of rotatable bonds is 5. The minimum atomic E-state index is -3.81. The van der Waals surface area contributed by atoms with Crippen LogP contribution in [-0.4, -0.2) is 38.3 Å². The molecule has 0 radical (unpaired) electrons. The van der Waals surface area contributed by atoms with Gasteiger partial charge in [0.15, 0.2) is 0 Å². The molecule has 2 aromatic rings. The van der Waals surface area contributed by atoms with Crippen molar-refractivity contribution in [3.8, 4) is 5.75 Å². The molecule has 0 aromatic heterocycles. The van der Waals surface area contributed by atoms with Crippen molar-refractivity contribution in [1.82, 2.24) is 4.31 Å². The molecule has 0 spiro atoms. The lowest BCUT2D eigenvalue weighted by Gasteiger charge is -2.25. The highest BCUT2D eigenvalue weighted by Crippen LogP contribution is 2.31. The summed E-state index contributed by atoms with van der Waals surface area (Å²) in [6.45, 7) is 5.98. The van der Waals surface area contributed by atoms with E-state index in [1.54, 1.807) is 19.1 Å². The Morgan fingerprint density at radius 1 is 1.14 bits per heavy atom. The van der Waals surface area contributed by atoms with Gasteiger partial charge in [-0.2, -0.15) is 4.31 Å². The first-order valence-corrected chi connectivity index (χ1v) is 10.7. The Kier molecular flexibility index (Phi) is 5.76. The van der Waals surface area contributed by atoms with Gasteiger partial charge in [0.1, 0.15) is 11.8 Å². The number of carbonyl (C=O) groups excluding carboxylic acids is 1. The summed E-state index contributed by atoms with van der Waals surface area (Å²) in [5.41, 5.74) is 3.39. The van der Waals surface area contributed by atoms with Gasteiger partial charge in [-0.25, -0.2) is 8.42 Å². The third-order valence-electron chi connectivity index (χ3n) is 5.35. The van der Waals surface area contributed by atoms with Crippen molar-refractivity contribution in [3.05, 3.63) is 53.1 Å². The molecule has 150 valence electrons. The lowest BCUT2D eigenvalue weighted by Crippen LogP contribution is -2.43. The van der Waals surface area contributed by atoms with Crippen molar-refractivity contribution < 1.29 is 17.9 Å². The highest BCUT2D eigenvalue weighted by atomic mass is 32.2. The highest BCUT2D eigenvalue weighted by Gasteiger charge is 2.40. The summed E-state index contributed by atoms with van der Waals surface area (Å²) < 4.78 is 33.1. The second-order valence-electron chi connectivity index (χ2n) is 7.14. The predicted molar refractivity (Wildman–Crippen MR) is 109 cm³/mol. The van der Waals surface area contributed by atoms with Crippen molar-refractivity contribution in [2.24, 2.45) is 0 Å². The van der Waals surface area contributed by atoms with Gasteiger partial charge in [-0.05, 0) is 62.4 Å². The SMILES string of the molecule is COc1ccc(C)c(S(=O)(=O)N2CCC[C@H]2C(=O)Nc2cccc(C)c2C)c1. The van der Waals surface area contributed by atoms with E-state index in [0.717, 1.165) is 11.1 Å². The molecule has 1 heterocycles. The fourth-order valence-corrected chi connectivity index (χ4v) is 5.40. The van der Waals surface area contributed by atoms with Crippen LogP contribution in [0.15, 0.2) is 41.3 Å². The average molecular weight is 403 g/mol. The van der Waals surface area contributed by atoms with Crippen molar-refractivity contribution in [2.45, 2.75) is 44.6 Å². The molecule has 1 fully saturated rings. The summed E-state index contributed by atoms with van der Waals surface area (Å²) in [5, 5.41) is 2.91. The van der Waals surface area contributed by atoms with Crippen molar-refractivity contribution in [1.29, 1.82) is 0 Å². The fourth-order valence-electron chi connectivity index (χ4n) is 3.50. The molecule has 1 aliphatic heterocycles. The number of sulfonamides is 1. The van der Waals surface area contributed by atoms with Crippen LogP contribution >= 0.6 is 0 Å². The molecule has 0 aliphatic carbocycles. The molecule has 7 heteroatoms. The first-order valence-electron chi connectivity index (χ1n) is 9.29. The fraction of sp³-hybridized carbons (Fsp3) is 0.381. The van der Waals surface area contributed by atoms with Crippen molar-refractivity contribution >= 4 is 21.6 Å². The van der Waals surface area contributed by atoms with Crippen LogP contribution in [0.5, 0.6) is 5.75 Å². The number of nitrogens with zero attached hydrogens (tertiary/aromatic N) is 1. The van der Waals surface area contributed by atoms with Gasteiger partial charge < -0.3 is 10.1 Å². The van der Waals surface area contributed by atoms with Gasteiger partial charge in [-0.3, -0.25) is 4.79 Å². The van der Waals surface area contributed by atoms with Gasteiger partial charge in [0.2, 0.25) is 15.9 Å². The zero-order valence-corrected chi connectivity index (χ0v) is 17.5. The molecule has 1 saturated heterocycles. The van der Waals surface area contributed by atoms with Gasteiger partial charge in [-0.1, -0.05) is 18.2 Å². The van der Waals surface area contributed by atoms with Crippen LogP contribution in [0.4, 0.5) is 5.69 Å². The van der Waals surface area contributed by atoms with E-state index < -0.39 is 16.1 Å². The van der Waals surface area contributed by atoms with Gasteiger partial charge in [0.05, 0.1) is 12.0 Å². The minimum absolute atomic E-state index is 0.179. The van der Waals surface area contributed by atoms with Crippen LogP contribution in [-0.2, 0) is 14.8 Å². The lowest BCUT2D eigenvalue weighted by atomic mass is 10.1. The number of carbonyl (C=O) groups is 1. The van der Waals surface area contributed by atoms with E-state index in [0.29, 0.717) is 36.4 Å². The lowest BCUT2D eigenvalue weighted by molar-refractivity contribution is -0.119. The van der Waals surface area contributed by atoms with Gasteiger partial charge in [0, 0.05) is 18.3 Å². The van der Waals surface area contributed by atoms with Crippen molar-refractivity contribution in [2.75, 3.05) is 19.0 Å². The maximum atomic E-state index is 13.3. The molecular formula is C21H26N2O4S. The Balaban J connectivity index is 1.90. The predicted octanol–water partition coefficient (Wildman–Crippen LogP) is 3.41. The summed E-state index contributed by atoms with van der Waals surface area (Å²) in [5.74, 6) is 0.176. The number of amides is 1. The van der Waals surface area contributed by atoms with Crippen LogP contribution in [0.1, 0.15) is 29.5 Å². The standard InChI is InChI=1S/C21H26N2O4S/c1-14-7-5-8-18(16(14)3)22-21(24)19-9-6-12-23(19)28(25,26)20-13-17(27-4)11-10-15(20)2/h5,7-8,10-11,13,19H,6,9,12H2,1-4H3,(H,22,24)/t19-/m0/s1. The Bertz CT molecular complexity index is 1000. The minimum Gasteiger partial charge on any atom is -0.497 e. The zero-order chi connectivity index (χ0) is 20.5. The monoisotopic (exact) mass is 402 g/mol. The first kappa shape index (κ1) is 20.4. The molecule has 1 amide bonds. The van der Waals surface area contributed by atoms with E-state index in [9.17, 15) is 13.2 Å². The molecule has 1 aliphatic rings. The molecule has 0 saturated carbocycles. The number of nitrogens with one attached hydrogen (secondary N) is 1. The van der Waals surface area contributed by atoms with E-state index in [4.69, 9.17) is 4.74 Å². The number of hydrogen-bond donors (Lipinski definition) is 1. The van der Waals surface area contributed by atoms with Crippen LogP contribution in [0, 0.1) is 20.8 Å². The van der Waals surface area contributed by atoms with Crippen LogP contribution in [0.3, 0.4) is 0 Å². The third kappa shape index (κ3) is 3.77. The molecule has 0 bridgehead atoms. The Hall–Kier alpha value is -2.38.